The molecule has 2 aliphatic heterocycles. The second kappa shape index (κ2) is 12.7. The molecule has 2 N–H and O–H groups in total. The molecule has 0 amide bonds. The van der Waals surface area contributed by atoms with Gasteiger partial charge in [0.2, 0.25) is 0 Å². The number of fused-ring (bicyclic) bond motifs is 8. The van der Waals surface area contributed by atoms with Crippen molar-refractivity contribution in [3.8, 4) is 0 Å². The fourth-order valence-electron chi connectivity index (χ4n) is 7.82. The van der Waals surface area contributed by atoms with Gasteiger partial charge in [-0.1, -0.05) is 53.4 Å². The number of allylic oxidation sites excluding steroid dienone is 2. The van der Waals surface area contributed by atoms with Crippen LogP contribution < -0.4 is 0 Å². The van der Waals surface area contributed by atoms with E-state index in [0.29, 0.717) is 12.3 Å². The molecule has 0 spiro atoms. The van der Waals surface area contributed by atoms with Crippen LogP contribution in [-0.2, 0) is 11.2 Å². The van der Waals surface area contributed by atoms with Gasteiger partial charge in [0.25, 0.3) is 0 Å². The molecule has 3 aromatic heterocycles. The Hall–Kier alpha value is -3.51. The van der Waals surface area contributed by atoms with Gasteiger partial charge in [-0.25, -0.2) is 4.98 Å². The number of nitrogens with zero attached hydrogens (tertiary/aromatic N) is 2. The molecule has 0 saturated heterocycles. The molecule has 45 heavy (non-hydrogen) atoms. The molecule has 1 unspecified atom stereocenters. The maximum absolute atomic E-state index is 13.5. The molecule has 6 heteroatoms. The third-order valence-corrected chi connectivity index (χ3v) is 10.5. The summed E-state index contributed by atoms with van der Waals surface area (Å²) in [7, 11) is 0. The Morgan fingerprint density at radius 2 is 1.67 bits per heavy atom. The molecule has 6 nitrogen and oxygen atoms in total. The van der Waals surface area contributed by atoms with E-state index in [1.807, 2.05) is 0 Å². The van der Waals surface area contributed by atoms with Crippen LogP contribution in [0, 0.1) is 13.8 Å². The average molecular weight is 607 g/mol. The molecular formula is C39H50N4O2. The van der Waals surface area contributed by atoms with Crippen LogP contribution >= 0.6 is 0 Å². The van der Waals surface area contributed by atoms with E-state index in [2.05, 4.69) is 83.6 Å². The smallest absolute Gasteiger partial charge is 0.169 e. The third-order valence-electron chi connectivity index (χ3n) is 10.5. The lowest BCUT2D eigenvalue weighted by atomic mass is 9.89. The molecule has 8 bridgehead atoms. The number of aromatic amines is 2. The minimum absolute atomic E-state index is 0.0502. The van der Waals surface area contributed by atoms with E-state index in [4.69, 9.17) is 14.7 Å². The molecule has 0 fully saturated rings. The minimum Gasteiger partial charge on any atom is -0.374 e. The molecule has 5 heterocycles. The van der Waals surface area contributed by atoms with Crippen molar-refractivity contribution in [3.05, 3.63) is 68.8 Å². The number of carbonyl (C=O) groups is 1. The maximum atomic E-state index is 13.5. The van der Waals surface area contributed by atoms with Crippen LogP contribution in [0.1, 0.15) is 160 Å². The molecule has 3 atom stereocenters. The zero-order valence-corrected chi connectivity index (χ0v) is 28.5. The molecule has 0 aromatic carbocycles. The van der Waals surface area contributed by atoms with Gasteiger partial charge in [0.05, 0.1) is 23.0 Å². The molecule has 0 saturated carbocycles. The molecule has 3 aromatic rings. The van der Waals surface area contributed by atoms with Gasteiger partial charge in [-0.15, -0.1) is 0 Å². The average Bonchev–Trinajstić information content (AvgIpc) is 3.76. The number of nitrogens with one attached hydrogen (secondary N) is 2. The number of hydrogen-bond donors (Lipinski definition) is 2. The van der Waals surface area contributed by atoms with Crippen LogP contribution in [0.25, 0.3) is 33.2 Å². The zero-order valence-electron chi connectivity index (χ0n) is 28.5. The lowest BCUT2D eigenvalue weighted by molar-refractivity contribution is 0.0635. The van der Waals surface area contributed by atoms with Crippen LogP contribution in [0.15, 0.2) is 18.2 Å². The van der Waals surface area contributed by atoms with E-state index in [1.165, 1.54) is 41.5 Å². The zero-order chi connectivity index (χ0) is 32.0. The monoisotopic (exact) mass is 606 g/mol. The summed E-state index contributed by atoms with van der Waals surface area (Å²) in [4.78, 5) is 31.5. The number of aryl methyl sites for hydroxylation is 2. The first kappa shape index (κ1) is 31.5. The summed E-state index contributed by atoms with van der Waals surface area (Å²) in [6.45, 7) is 18.4. The number of aromatic nitrogens is 4. The van der Waals surface area contributed by atoms with E-state index in [-0.39, 0.29) is 17.8 Å². The van der Waals surface area contributed by atoms with Gasteiger partial charge < -0.3 is 14.7 Å². The van der Waals surface area contributed by atoms with Gasteiger partial charge in [0.15, 0.2) is 5.78 Å². The Labute approximate surface area is 268 Å². The number of rotatable bonds is 10. The Morgan fingerprint density at radius 3 is 2.40 bits per heavy atom. The molecule has 238 valence electrons. The highest BCUT2D eigenvalue weighted by Gasteiger charge is 2.32. The number of ether oxygens (including phenoxy) is 1. The number of carbonyl (C=O) groups excluding carboxylic acids is 1. The molecule has 3 aliphatic rings. The van der Waals surface area contributed by atoms with Gasteiger partial charge in [-0.2, -0.15) is 0 Å². The summed E-state index contributed by atoms with van der Waals surface area (Å²) in [5.41, 5.74) is 15.9. The SMILES string of the molecule is CCCCCCOC(C)c1c(C)c2cc3nc(c4c5[nH]c(cc6nc(cc1[nH]2)[C@H](C)[C@H]6CC)c(C)c5C(=O)C4)C(CCC)=C3C. The van der Waals surface area contributed by atoms with Crippen molar-refractivity contribution in [2.24, 2.45) is 0 Å². The van der Waals surface area contributed by atoms with E-state index in [1.54, 1.807) is 0 Å². The number of hydrogen-bond acceptors (Lipinski definition) is 4. The predicted octanol–water partition coefficient (Wildman–Crippen LogP) is 10.4. The standard InChI is InChI=1S/C39H50N4O2/c1-9-12-13-14-16-45-25(8)36-23(6)31-18-30-22(5)27(15-10-2)38(42-30)28-17-35(44)37-24(7)32(43-39(28)37)19-33-26(11-3)21(4)29(40-33)20-34(36)41-31/h18-21,25-26,41,43H,9-17H2,1-8H3/t21-,25?,26-/m1/s1. The predicted molar refractivity (Wildman–Crippen MR) is 186 cm³/mol. The number of Topliss-reactive ketones (excluding diaryl/α,β-unsaturated/α-hetero) is 1. The highest BCUT2D eigenvalue weighted by atomic mass is 16.5. The van der Waals surface area contributed by atoms with Gasteiger partial charge >= 0.3 is 0 Å². The fraction of sp³-hybridized carbons (Fsp3) is 0.513. The van der Waals surface area contributed by atoms with Crippen LogP contribution in [-0.4, -0.2) is 32.3 Å². The molecule has 1 aliphatic carbocycles. The second-order valence-corrected chi connectivity index (χ2v) is 13.5. The summed E-state index contributed by atoms with van der Waals surface area (Å²) in [6, 6.07) is 6.66. The topological polar surface area (TPSA) is 83.7 Å². The maximum Gasteiger partial charge on any atom is 0.169 e. The van der Waals surface area contributed by atoms with E-state index < -0.39 is 0 Å². The van der Waals surface area contributed by atoms with Crippen LogP contribution in [0.5, 0.6) is 0 Å². The van der Waals surface area contributed by atoms with Crippen molar-refractivity contribution < 1.29 is 9.53 Å². The molecule has 0 radical (unpaired) electrons. The Bertz CT molecular complexity index is 1840. The third kappa shape index (κ3) is 5.49. The van der Waals surface area contributed by atoms with Gasteiger partial charge in [0, 0.05) is 69.5 Å². The lowest BCUT2D eigenvalue weighted by Gasteiger charge is -2.15. The van der Waals surface area contributed by atoms with Crippen molar-refractivity contribution in [3.63, 3.8) is 0 Å². The van der Waals surface area contributed by atoms with Gasteiger partial charge in [-0.05, 0) is 87.4 Å². The Morgan fingerprint density at radius 1 is 0.911 bits per heavy atom. The summed E-state index contributed by atoms with van der Waals surface area (Å²) >= 11 is 0. The number of ketones is 1. The lowest BCUT2D eigenvalue weighted by Crippen LogP contribution is -2.03. The molecular weight excluding hydrogens is 556 g/mol. The first-order valence-electron chi connectivity index (χ1n) is 17.3. The van der Waals surface area contributed by atoms with Crippen LogP contribution in [0.2, 0.25) is 0 Å². The Balaban J connectivity index is 1.66. The van der Waals surface area contributed by atoms with Crippen LogP contribution in [0.4, 0.5) is 0 Å². The number of unbranched alkanes of at least 4 members (excludes halogenated alkanes) is 3. The minimum atomic E-state index is -0.0502. The molecule has 6 rings (SSSR count). The van der Waals surface area contributed by atoms with Crippen molar-refractivity contribution >= 4 is 39.0 Å². The summed E-state index contributed by atoms with van der Waals surface area (Å²) in [5.74, 6) is 0.754. The fourth-order valence-corrected chi connectivity index (χ4v) is 7.82. The van der Waals surface area contributed by atoms with E-state index in [9.17, 15) is 4.79 Å². The van der Waals surface area contributed by atoms with Crippen molar-refractivity contribution in [1.29, 1.82) is 0 Å². The van der Waals surface area contributed by atoms with Crippen molar-refractivity contribution in [2.75, 3.05) is 6.61 Å². The quantitative estimate of drug-likeness (QED) is 0.225. The summed E-state index contributed by atoms with van der Waals surface area (Å²) in [6.07, 6.45) is 8.03. The van der Waals surface area contributed by atoms with Crippen LogP contribution in [0.3, 0.4) is 0 Å². The first-order chi connectivity index (χ1) is 21.7. The van der Waals surface area contributed by atoms with Gasteiger partial charge in [0.1, 0.15) is 0 Å². The second-order valence-electron chi connectivity index (χ2n) is 13.5. The van der Waals surface area contributed by atoms with Crippen molar-refractivity contribution in [1.82, 2.24) is 19.9 Å². The highest BCUT2D eigenvalue weighted by molar-refractivity contribution is 6.14. The first-order valence-corrected chi connectivity index (χ1v) is 17.3. The Kier molecular flexibility index (Phi) is 8.89. The summed E-state index contributed by atoms with van der Waals surface area (Å²) < 4.78 is 6.47. The van der Waals surface area contributed by atoms with E-state index >= 15 is 0 Å². The normalized spacial score (nSPS) is 18.4. The van der Waals surface area contributed by atoms with Gasteiger partial charge in [-0.3, -0.25) is 9.78 Å². The largest absolute Gasteiger partial charge is 0.374 e. The highest BCUT2D eigenvalue weighted by Crippen LogP contribution is 2.42. The van der Waals surface area contributed by atoms with Crippen molar-refractivity contribution in [2.45, 2.75) is 125 Å². The summed E-state index contributed by atoms with van der Waals surface area (Å²) in [5, 5.41) is 0. The van der Waals surface area contributed by atoms with E-state index in [0.717, 1.165) is 93.8 Å². The number of H-pyrrole nitrogens is 2.